The standard InChI is InChI=1S/C23H27OPSi/c1-26(2,24-21-13-6-3-7-14-21)20-12-19-25(22-15-8-4-9-16-22)23-17-10-5-11-18-23/h3-11,13-18H,12,19-20H2,1-2H3. The van der Waals surface area contributed by atoms with Gasteiger partial charge in [0.1, 0.15) is 5.75 Å². The van der Waals surface area contributed by atoms with Crippen molar-refractivity contribution in [1.82, 2.24) is 0 Å². The first kappa shape index (κ1) is 18.9. The SMILES string of the molecule is C[Si](C)(CCCP(c1ccccc1)c1ccccc1)Oc1ccccc1. The van der Waals surface area contributed by atoms with Crippen LogP contribution in [0.15, 0.2) is 91.0 Å². The molecule has 1 nitrogen and oxygen atoms in total. The largest absolute Gasteiger partial charge is 0.544 e. The van der Waals surface area contributed by atoms with Crippen LogP contribution in [0, 0.1) is 0 Å². The van der Waals surface area contributed by atoms with Crippen LogP contribution in [0.5, 0.6) is 5.75 Å². The molecule has 3 rings (SSSR count). The summed E-state index contributed by atoms with van der Waals surface area (Å²) in [7, 11) is -2.00. The van der Waals surface area contributed by atoms with Gasteiger partial charge in [0.25, 0.3) is 0 Å². The summed E-state index contributed by atoms with van der Waals surface area (Å²) in [6.45, 7) is 4.65. The molecule has 0 aliphatic heterocycles. The lowest BCUT2D eigenvalue weighted by atomic mass is 10.3. The van der Waals surface area contributed by atoms with Crippen molar-refractivity contribution in [2.24, 2.45) is 0 Å². The molecule has 0 N–H and O–H groups in total. The van der Waals surface area contributed by atoms with E-state index in [2.05, 4.69) is 85.9 Å². The summed E-state index contributed by atoms with van der Waals surface area (Å²) in [5.41, 5.74) is 0. The van der Waals surface area contributed by atoms with E-state index in [-0.39, 0.29) is 7.92 Å². The van der Waals surface area contributed by atoms with Crippen LogP contribution in [0.2, 0.25) is 19.1 Å². The molecule has 0 unspecified atom stereocenters. The highest BCUT2D eigenvalue weighted by atomic mass is 31.1. The first-order valence-electron chi connectivity index (χ1n) is 9.26. The van der Waals surface area contributed by atoms with Gasteiger partial charge in [-0.05, 0) is 62.4 Å². The second-order valence-electron chi connectivity index (χ2n) is 7.10. The highest BCUT2D eigenvalue weighted by Crippen LogP contribution is 2.35. The van der Waals surface area contributed by atoms with E-state index in [1.807, 2.05) is 18.2 Å². The molecule has 0 amide bonds. The summed E-state index contributed by atoms with van der Waals surface area (Å²) in [5, 5.41) is 2.94. The number of hydrogen-bond acceptors (Lipinski definition) is 1. The van der Waals surface area contributed by atoms with Crippen molar-refractivity contribution in [1.29, 1.82) is 0 Å². The van der Waals surface area contributed by atoms with Crippen LogP contribution in [0.25, 0.3) is 0 Å². The van der Waals surface area contributed by atoms with Crippen molar-refractivity contribution < 1.29 is 4.43 Å². The first-order chi connectivity index (χ1) is 12.6. The molecule has 3 aromatic carbocycles. The summed E-state index contributed by atoms with van der Waals surface area (Å²) in [6.07, 6.45) is 2.43. The predicted molar refractivity (Wildman–Crippen MR) is 118 cm³/mol. The molecule has 3 aromatic rings. The van der Waals surface area contributed by atoms with Crippen LogP contribution in [-0.4, -0.2) is 14.5 Å². The van der Waals surface area contributed by atoms with Crippen LogP contribution in [-0.2, 0) is 0 Å². The fraction of sp³-hybridized carbons (Fsp3) is 0.217. The Balaban J connectivity index is 1.65. The lowest BCUT2D eigenvalue weighted by molar-refractivity contribution is 0.545. The van der Waals surface area contributed by atoms with Crippen molar-refractivity contribution in [3.8, 4) is 5.75 Å². The molecule has 0 radical (unpaired) electrons. The average Bonchev–Trinajstić information content (AvgIpc) is 2.67. The second kappa shape index (κ2) is 9.16. The number of para-hydroxylation sites is 1. The van der Waals surface area contributed by atoms with Crippen molar-refractivity contribution in [2.45, 2.75) is 25.6 Å². The van der Waals surface area contributed by atoms with Gasteiger partial charge in [-0.15, -0.1) is 0 Å². The molecule has 26 heavy (non-hydrogen) atoms. The second-order valence-corrected chi connectivity index (χ2v) is 13.7. The van der Waals surface area contributed by atoms with E-state index in [9.17, 15) is 0 Å². The molecule has 134 valence electrons. The fourth-order valence-electron chi connectivity index (χ4n) is 3.14. The number of hydrogen-bond donors (Lipinski definition) is 0. The predicted octanol–water partition coefficient (Wildman–Crippen LogP) is 5.79. The van der Waals surface area contributed by atoms with Crippen LogP contribution in [0.3, 0.4) is 0 Å². The van der Waals surface area contributed by atoms with Gasteiger partial charge in [-0.25, -0.2) is 0 Å². The Morgan fingerprint density at radius 2 is 1.15 bits per heavy atom. The fourth-order valence-corrected chi connectivity index (χ4v) is 7.70. The molecule has 0 atom stereocenters. The van der Waals surface area contributed by atoms with Crippen molar-refractivity contribution in [3.63, 3.8) is 0 Å². The maximum Gasteiger partial charge on any atom is 0.245 e. The summed E-state index contributed by atoms with van der Waals surface area (Å²) in [6, 6.07) is 33.4. The number of benzene rings is 3. The maximum atomic E-state index is 6.34. The molecule has 0 heterocycles. The van der Waals surface area contributed by atoms with E-state index < -0.39 is 8.32 Å². The van der Waals surface area contributed by atoms with E-state index in [1.54, 1.807) is 0 Å². The lowest BCUT2D eigenvalue weighted by Crippen LogP contribution is -2.34. The first-order valence-corrected chi connectivity index (χ1v) is 13.9. The van der Waals surface area contributed by atoms with Crippen molar-refractivity contribution in [3.05, 3.63) is 91.0 Å². The van der Waals surface area contributed by atoms with Crippen LogP contribution >= 0.6 is 7.92 Å². The molecule has 0 aliphatic carbocycles. The van der Waals surface area contributed by atoms with Crippen molar-refractivity contribution in [2.75, 3.05) is 6.16 Å². The van der Waals surface area contributed by atoms with Gasteiger partial charge in [0, 0.05) is 0 Å². The summed E-state index contributed by atoms with van der Waals surface area (Å²) >= 11 is 0. The minimum atomic E-state index is -1.70. The van der Waals surface area contributed by atoms with Gasteiger partial charge in [0.15, 0.2) is 0 Å². The third-order valence-electron chi connectivity index (χ3n) is 4.43. The van der Waals surface area contributed by atoms with E-state index in [0.29, 0.717) is 0 Å². The molecular weight excluding hydrogens is 351 g/mol. The van der Waals surface area contributed by atoms with E-state index >= 15 is 0 Å². The zero-order valence-electron chi connectivity index (χ0n) is 15.6. The lowest BCUT2D eigenvalue weighted by Gasteiger charge is -2.25. The maximum absolute atomic E-state index is 6.34. The molecule has 0 saturated carbocycles. The minimum Gasteiger partial charge on any atom is -0.544 e. The van der Waals surface area contributed by atoms with E-state index in [0.717, 1.165) is 5.75 Å². The van der Waals surface area contributed by atoms with Crippen LogP contribution < -0.4 is 15.0 Å². The quantitative estimate of drug-likeness (QED) is 0.356. The Bertz CT molecular complexity index is 736. The van der Waals surface area contributed by atoms with Gasteiger partial charge in [-0.2, -0.15) is 0 Å². The monoisotopic (exact) mass is 378 g/mol. The summed E-state index contributed by atoms with van der Waals surface area (Å²) in [5.74, 6) is 1.01. The number of rotatable bonds is 8. The third-order valence-corrected chi connectivity index (χ3v) is 9.39. The molecule has 0 saturated heterocycles. The topological polar surface area (TPSA) is 9.23 Å². The Kier molecular flexibility index (Phi) is 6.66. The molecule has 0 fully saturated rings. The van der Waals surface area contributed by atoms with Gasteiger partial charge < -0.3 is 4.43 Å². The summed E-state index contributed by atoms with van der Waals surface area (Å²) in [4.78, 5) is 0. The molecule has 0 aromatic heterocycles. The van der Waals surface area contributed by atoms with E-state index in [4.69, 9.17) is 4.43 Å². The Labute approximate surface area is 159 Å². The average molecular weight is 379 g/mol. The Morgan fingerprint density at radius 1 is 0.692 bits per heavy atom. The van der Waals surface area contributed by atoms with Gasteiger partial charge in [-0.1, -0.05) is 78.9 Å². The van der Waals surface area contributed by atoms with Crippen molar-refractivity contribution >= 4 is 26.8 Å². The minimum absolute atomic E-state index is 0.297. The summed E-state index contributed by atoms with van der Waals surface area (Å²) < 4.78 is 6.34. The molecular formula is C23H27OPSi. The molecule has 0 spiro atoms. The van der Waals surface area contributed by atoms with Crippen LogP contribution in [0.4, 0.5) is 0 Å². The zero-order chi connectivity index (χ0) is 18.2. The van der Waals surface area contributed by atoms with Gasteiger partial charge in [-0.3, -0.25) is 0 Å². The van der Waals surface area contributed by atoms with Gasteiger partial charge in [0.05, 0.1) is 0 Å². The molecule has 0 aliphatic rings. The Morgan fingerprint density at radius 3 is 1.65 bits per heavy atom. The van der Waals surface area contributed by atoms with E-state index in [1.165, 1.54) is 29.2 Å². The van der Waals surface area contributed by atoms with Gasteiger partial charge >= 0.3 is 0 Å². The molecule has 3 heteroatoms. The smallest absolute Gasteiger partial charge is 0.245 e. The normalized spacial score (nSPS) is 11.5. The molecule has 0 bridgehead atoms. The van der Waals surface area contributed by atoms with Gasteiger partial charge in [0.2, 0.25) is 8.32 Å². The van der Waals surface area contributed by atoms with Crippen LogP contribution in [0.1, 0.15) is 6.42 Å². The zero-order valence-corrected chi connectivity index (χ0v) is 17.5. The Hall–Kier alpha value is -1.89. The highest BCUT2D eigenvalue weighted by molar-refractivity contribution is 7.73. The highest BCUT2D eigenvalue weighted by Gasteiger charge is 2.25. The third kappa shape index (κ3) is 5.55.